The van der Waals surface area contributed by atoms with Crippen LogP contribution in [0.4, 0.5) is 4.79 Å². The molecular weight excluding hydrogens is 370 g/mol. The molecule has 27 heavy (non-hydrogen) atoms. The number of hydrogen-bond acceptors (Lipinski definition) is 6. The first-order chi connectivity index (χ1) is 12.5. The quantitative estimate of drug-likeness (QED) is 0.741. The molecule has 1 amide bonds. The van der Waals surface area contributed by atoms with Gasteiger partial charge >= 0.3 is 22.1 Å². The van der Waals surface area contributed by atoms with Crippen molar-refractivity contribution in [3.05, 3.63) is 65.7 Å². The van der Waals surface area contributed by atoms with Gasteiger partial charge in [-0.3, -0.25) is 0 Å². The van der Waals surface area contributed by atoms with Crippen LogP contribution < -0.4 is 0 Å². The van der Waals surface area contributed by atoms with Crippen LogP contribution in [0.3, 0.4) is 0 Å². The van der Waals surface area contributed by atoms with Crippen LogP contribution in [0.2, 0.25) is 0 Å². The van der Waals surface area contributed by atoms with Crippen molar-refractivity contribution >= 4 is 22.1 Å². The van der Waals surface area contributed by atoms with Crippen molar-refractivity contribution in [1.82, 2.24) is 4.47 Å². The maximum atomic E-state index is 13.0. The topological polar surface area (TPSA) is 90.0 Å². The smallest absolute Gasteiger partial charge is 0.441 e. The third-order valence-corrected chi connectivity index (χ3v) is 4.98. The molecule has 0 heterocycles. The highest BCUT2D eigenvalue weighted by Crippen LogP contribution is 2.23. The molecule has 0 radical (unpaired) electrons. The summed E-state index contributed by atoms with van der Waals surface area (Å²) in [4.78, 5) is 29.6. The fraction of sp³-hybridized carbons (Fsp3) is 0.263. The van der Waals surface area contributed by atoms with Gasteiger partial charge in [0.2, 0.25) is 0 Å². The molecule has 2 aromatic carbocycles. The normalized spacial score (nSPS) is 11.6. The molecule has 2 rings (SSSR count). The van der Waals surface area contributed by atoms with Gasteiger partial charge in [0.05, 0.1) is 10.5 Å². The van der Waals surface area contributed by atoms with Gasteiger partial charge in [0.15, 0.2) is 0 Å². The summed E-state index contributed by atoms with van der Waals surface area (Å²) in [5.74, 6) is -1.00. The molecule has 0 spiro atoms. The molecule has 0 N–H and O–H groups in total. The number of ether oxygens (including phenoxy) is 1. The van der Waals surface area contributed by atoms with Crippen LogP contribution in [-0.2, 0) is 19.6 Å². The minimum atomic E-state index is -4.49. The lowest BCUT2D eigenvalue weighted by Crippen LogP contribution is -2.42. The number of hydrogen-bond donors (Lipinski definition) is 0. The Morgan fingerprint density at radius 3 is 2.04 bits per heavy atom. The summed E-state index contributed by atoms with van der Waals surface area (Å²) in [6.07, 6.45) is -1.31. The molecule has 0 bridgehead atoms. The molecule has 144 valence electrons. The highest BCUT2D eigenvalue weighted by molar-refractivity contribution is 7.89. The lowest BCUT2D eigenvalue weighted by atomic mass is 10.2. The lowest BCUT2D eigenvalue weighted by Gasteiger charge is -2.25. The fourth-order valence-electron chi connectivity index (χ4n) is 2.12. The summed E-state index contributed by atoms with van der Waals surface area (Å²) in [5.41, 5.74) is -0.511. The van der Waals surface area contributed by atoms with E-state index in [0.29, 0.717) is 5.56 Å². The molecule has 8 heteroatoms. The molecule has 0 aromatic heterocycles. The minimum Gasteiger partial charge on any atom is -0.441 e. The Bertz CT molecular complexity index is 932. The molecule has 7 nitrogen and oxygen atoms in total. The van der Waals surface area contributed by atoms with E-state index in [4.69, 9.17) is 9.57 Å². The maximum absolute atomic E-state index is 13.0. The van der Waals surface area contributed by atoms with Crippen LogP contribution in [0, 0.1) is 6.92 Å². The maximum Gasteiger partial charge on any atom is 0.459 e. The molecule has 2 aromatic rings. The number of benzene rings is 2. The van der Waals surface area contributed by atoms with Crippen molar-refractivity contribution in [1.29, 1.82) is 0 Å². The van der Waals surface area contributed by atoms with Gasteiger partial charge in [0, 0.05) is 0 Å². The SMILES string of the molecule is Cc1ccccc1S(=O)(=O)N(OC(=O)c1ccccc1)C(=O)OC(C)(C)C. The number of sulfonamides is 1. The fourth-order valence-corrected chi connectivity index (χ4v) is 3.42. The Labute approximate surface area is 158 Å². The average molecular weight is 391 g/mol. The Hall–Kier alpha value is -2.87. The second-order valence-corrected chi connectivity index (χ2v) is 8.44. The number of carbonyl (C=O) groups is 2. The van der Waals surface area contributed by atoms with E-state index in [1.165, 1.54) is 24.3 Å². The lowest BCUT2D eigenvalue weighted by molar-refractivity contribution is -0.0587. The Morgan fingerprint density at radius 1 is 0.926 bits per heavy atom. The van der Waals surface area contributed by atoms with Crippen molar-refractivity contribution in [2.24, 2.45) is 0 Å². The number of aryl methyl sites for hydroxylation is 1. The predicted octanol–water partition coefficient (Wildman–Crippen LogP) is 3.69. The average Bonchev–Trinajstić information content (AvgIpc) is 2.58. The molecule has 0 atom stereocenters. The van der Waals surface area contributed by atoms with Crippen molar-refractivity contribution in [2.75, 3.05) is 0 Å². The molecule has 0 aliphatic carbocycles. The van der Waals surface area contributed by atoms with E-state index >= 15 is 0 Å². The van der Waals surface area contributed by atoms with E-state index < -0.39 is 27.7 Å². The van der Waals surface area contributed by atoms with Crippen LogP contribution in [0.5, 0.6) is 0 Å². The zero-order valence-corrected chi connectivity index (χ0v) is 16.3. The molecule has 0 saturated heterocycles. The summed E-state index contributed by atoms with van der Waals surface area (Å²) in [6, 6.07) is 13.8. The summed E-state index contributed by atoms with van der Waals surface area (Å²) in [6.45, 7) is 6.28. The van der Waals surface area contributed by atoms with Crippen LogP contribution >= 0.6 is 0 Å². The standard InChI is InChI=1S/C19H21NO6S/c1-14-10-8-9-13-16(14)27(23,24)20(18(22)25-19(2,3)4)26-17(21)15-11-6-5-7-12-15/h5-13H,1-4H3. The number of nitrogens with zero attached hydrogens (tertiary/aromatic N) is 1. The molecule has 0 aliphatic heterocycles. The summed E-state index contributed by atoms with van der Waals surface area (Å²) >= 11 is 0. The van der Waals surface area contributed by atoms with Gasteiger partial charge in [0.1, 0.15) is 5.60 Å². The molecule has 0 unspecified atom stereocenters. The van der Waals surface area contributed by atoms with Gasteiger partial charge in [-0.05, 0) is 55.9 Å². The zero-order chi connectivity index (χ0) is 20.2. The van der Waals surface area contributed by atoms with Crippen LogP contribution in [0.25, 0.3) is 0 Å². The predicted molar refractivity (Wildman–Crippen MR) is 98.3 cm³/mol. The first kappa shape index (κ1) is 20.4. The van der Waals surface area contributed by atoms with Crippen molar-refractivity contribution in [2.45, 2.75) is 38.2 Å². The van der Waals surface area contributed by atoms with Gasteiger partial charge in [-0.25, -0.2) is 9.59 Å². The van der Waals surface area contributed by atoms with Crippen molar-refractivity contribution in [3.63, 3.8) is 0 Å². The van der Waals surface area contributed by atoms with E-state index in [2.05, 4.69) is 0 Å². The highest BCUT2D eigenvalue weighted by atomic mass is 32.2. The first-order valence-electron chi connectivity index (χ1n) is 8.13. The van der Waals surface area contributed by atoms with Crippen molar-refractivity contribution in [3.8, 4) is 0 Å². The number of carbonyl (C=O) groups excluding carboxylic acids is 2. The molecule has 0 aliphatic rings. The van der Waals surface area contributed by atoms with Gasteiger partial charge in [-0.15, -0.1) is 0 Å². The summed E-state index contributed by atoms with van der Waals surface area (Å²) in [5, 5.41) is 0. The van der Waals surface area contributed by atoms with E-state index in [0.717, 1.165) is 0 Å². The second kappa shape index (κ2) is 7.79. The molecule has 0 fully saturated rings. The molecule has 0 saturated carbocycles. The minimum absolute atomic E-state index is 0.00405. The van der Waals surface area contributed by atoms with Crippen molar-refractivity contribution < 1.29 is 27.6 Å². The summed E-state index contributed by atoms with van der Waals surface area (Å²) in [7, 11) is -4.49. The van der Waals surface area contributed by atoms with E-state index in [1.807, 2.05) is 0 Å². The Kier molecular flexibility index (Phi) is 5.90. The van der Waals surface area contributed by atoms with Gasteiger partial charge in [-0.2, -0.15) is 8.42 Å². The number of rotatable bonds is 3. The Balaban J connectivity index is 2.45. The van der Waals surface area contributed by atoms with E-state index in [1.54, 1.807) is 58.0 Å². The third-order valence-electron chi connectivity index (χ3n) is 3.31. The number of amides is 1. The molecular formula is C19H21NO6S. The van der Waals surface area contributed by atoms with Gasteiger partial charge < -0.3 is 9.57 Å². The van der Waals surface area contributed by atoms with Crippen LogP contribution in [0.1, 0.15) is 36.7 Å². The first-order valence-corrected chi connectivity index (χ1v) is 9.57. The zero-order valence-electron chi connectivity index (χ0n) is 15.5. The van der Waals surface area contributed by atoms with Gasteiger partial charge in [-0.1, -0.05) is 36.4 Å². The summed E-state index contributed by atoms with van der Waals surface area (Å²) < 4.78 is 31.1. The second-order valence-electron chi connectivity index (χ2n) is 6.72. The monoisotopic (exact) mass is 391 g/mol. The van der Waals surface area contributed by atoms with E-state index in [9.17, 15) is 18.0 Å². The Morgan fingerprint density at radius 2 is 1.48 bits per heavy atom. The van der Waals surface area contributed by atoms with Crippen LogP contribution in [0.15, 0.2) is 59.5 Å². The van der Waals surface area contributed by atoms with E-state index in [-0.39, 0.29) is 14.9 Å². The largest absolute Gasteiger partial charge is 0.459 e. The number of hydroxylamine groups is 1. The van der Waals surface area contributed by atoms with Crippen LogP contribution in [-0.4, -0.2) is 30.5 Å². The third kappa shape index (κ3) is 5.07. The highest BCUT2D eigenvalue weighted by Gasteiger charge is 2.38. The van der Waals surface area contributed by atoms with Gasteiger partial charge in [0.25, 0.3) is 0 Å².